The zero-order valence-corrected chi connectivity index (χ0v) is 23.0. The number of nitrogens with zero attached hydrogens (tertiary/aromatic N) is 1. The van der Waals surface area contributed by atoms with Gasteiger partial charge in [-0.15, -0.1) is 0 Å². The van der Waals surface area contributed by atoms with Gasteiger partial charge in [-0.25, -0.2) is 9.18 Å². The van der Waals surface area contributed by atoms with Crippen molar-refractivity contribution in [2.75, 3.05) is 19.1 Å². The highest BCUT2D eigenvalue weighted by Crippen LogP contribution is 2.53. The molecule has 2 aliphatic rings. The second kappa shape index (κ2) is 11.4. The Bertz CT molecular complexity index is 1670. The maximum absolute atomic E-state index is 14.5. The summed E-state index contributed by atoms with van der Waals surface area (Å²) >= 11 is 0. The van der Waals surface area contributed by atoms with Crippen molar-refractivity contribution in [3.63, 3.8) is 0 Å². The third-order valence-corrected chi connectivity index (χ3v) is 7.77. The molecule has 0 saturated carbocycles. The number of carbonyl (C=O) groups excluding carboxylic acids is 3. The number of rotatable bonds is 5. The van der Waals surface area contributed by atoms with Crippen molar-refractivity contribution >= 4 is 23.4 Å². The normalized spacial score (nSPS) is 20.6. The minimum Gasteiger partial charge on any atom is -0.468 e. The van der Waals surface area contributed by atoms with Gasteiger partial charge in [0.1, 0.15) is 17.6 Å². The number of nitrogens with two attached hydrogens (primary N) is 1. The summed E-state index contributed by atoms with van der Waals surface area (Å²) in [5, 5.41) is 0. The number of esters is 2. The van der Waals surface area contributed by atoms with Crippen LogP contribution in [-0.2, 0) is 30.0 Å². The van der Waals surface area contributed by atoms with E-state index in [1.165, 1.54) is 35.2 Å². The molecule has 0 radical (unpaired) electrons. The monoisotopic (exact) mass is 594 g/mol. The molecule has 5 rings (SSSR count). The van der Waals surface area contributed by atoms with E-state index in [-0.39, 0.29) is 29.2 Å². The van der Waals surface area contributed by atoms with Crippen LogP contribution in [0.1, 0.15) is 34.9 Å². The summed E-state index contributed by atoms with van der Waals surface area (Å²) in [6.07, 6.45) is -4.96. The third kappa shape index (κ3) is 5.15. The van der Waals surface area contributed by atoms with Crippen LogP contribution in [0.5, 0.6) is 0 Å². The molecule has 3 atom stereocenters. The molecule has 0 bridgehead atoms. The molecule has 2 N–H and O–H groups in total. The lowest BCUT2D eigenvalue weighted by atomic mass is 9.66. The van der Waals surface area contributed by atoms with Crippen molar-refractivity contribution < 1.29 is 41.4 Å². The van der Waals surface area contributed by atoms with Crippen LogP contribution < -0.4 is 10.6 Å². The van der Waals surface area contributed by atoms with Crippen molar-refractivity contribution in [2.24, 2.45) is 11.7 Å². The fourth-order valence-electron chi connectivity index (χ4n) is 5.98. The Morgan fingerprint density at radius 3 is 2.23 bits per heavy atom. The molecule has 0 fully saturated rings. The Morgan fingerprint density at radius 2 is 1.60 bits per heavy atom. The molecule has 3 aromatic carbocycles. The average molecular weight is 595 g/mol. The zero-order valence-electron chi connectivity index (χ0n) is 23.0. The molecule has 0 aromatic heterocycles. The standard InChI is InChI=1S/C32H26F4N2O5/c1-42-30(40)25-21(17-9-4-3-5-10-17)16-23-26(28(25)39)24(20-13-6-7-14-22(20)32(34,35)36)27(31(41)43-2)29(37)38(23)19-12-8-11-18(33)15-19/h3-15,21,24-25H,16,37H2,1-2H3/t21-,24-,25-/m1/s1. The summed E-state index contributed by atoms with van der Waals surface area (Å²) in [4.78, 5) is 42.4. The molecule has 1 aliphatic carbocycles. The number of halogens is 4. The highest BCUT2D eigenvalue weighted by atomic mass is 19.4. The van der Waals surface area contributed by atoms with Crippen LogP contribution in [0.2, 0.25) is 0 Å². The summed E-state index contributed by atoms with van der Waals surface area (Å²) in [6.45, 7) is 0. The van der Waals surface area contributed by atoms with Gasteiger partial charge in [-0.2, -0.15) is 13.2 Å². The van der Waals surface area contributed by atoms with Gasteiger partial charge in [0.05, 0.1) is 37.0 Å². The molecule has 1 aliphatic heterocycles. The van der Waals surface area contributed by atoms with E-state index < -0.39 is 64.2 Å². The minimum atomic E-state index is -4.88. The van der Waals surface area contributed by atoms with Crippen LogP contribution in [0.25, 0.3) is 0 Å². The smallest absolute Gasteiger partial charge is 0.416 e. The lowest BCUT2D eigenvalue weighted by Gasteiger charge is -2.44. The summed E-state index contributed by atoms with van der Waals surface area (Å²) in [5.41, 5.74) is 5.16. The van der Waals surface area contributed by atoms with E-state index in [9.17, 15) is 31.9 Å². The van der Waals surface area contributed by atoms with E-state index >= 15 is 0 Å². The van der Waals surface area contributed by atoms with Crippen LogP contribution in [0, 0.1) is 11.7 Å². The number of alkyl halides is 3. The number of ketones is 1. The zero-order chi connectivity index (χ0) is 31.1. The van der Waals surface area contributed by atoms with E-state index in [1.54, 1.807) is 30.3 Å². The third-order valence-electron chi connectivity index (χ3n) is 7.77. The second-order valence-corrected chi connectivity index (χ2v) is 10.1. The maximum Gasteiger partial charge on any atom is 0.416 e. The van der Waals surface area contributed by atoms with Gasteiger partial charge in [0, 0.05) is 17.2 Å². The highest BCUT2D eigenvalue weighted by molar-refractivity contribution is 6.14. The molecule has 0 spiro atoms. The SMILES string of the molecule is COC(=O)C1=C(N)N(c2cccc(F)c2)C2=C(C(=O)[C@H](C(=O)OC)[C@@H](c3ccccc3)C2)[C@H]1c1ccccc1C(F)(F)F. The summed E-state index contributed by atoms with van der Waals surface area (Å²) in [6, 6.07) is 18.3. The lowest BCUT2D eigenvalue weighted by molar-refractivity contribution is -0.150. The van der Waals surface area contributed by atoms with Crippen molar-refractivity contribution in [1.29, 1.82) is 0 Å². The Labute approximate surface area is 244 Å². The van der Waals surface area contributed by atoms with Gasteiger partial charge >= 0.3 is 18.1 Å². The first-order chi connectivity index (χ1) is 20.5. The number of methoxy groups -OCH3 is 2. The van der Waals surface area contributed by atoms with Gasteiger partial charge in [-0.1, -0.05) is 54.6 Å². The largest absolute Gasteiger partial charge is 0.468 e. The molecular formula is C32H26F4N2O5. The second-order valence-electron chi connectivity index (χ2n) is 10.1. The summed E-state index contributed by atoms with van der Waals surface area (Å²) in [5.74, 6) is -7.78. The number of anilines is 1. The first-order valence-corrected chi connectivity index (χ1v) is 13.2. The molecule has 3 aromatic rings. The van der Waals surface area contributed by atoms with Crippen molar-refractivity contribution in [3.05, 3.63) is 124 Å². The van der Waals surface area contributed by atoms with Gasteiger partial charge in [-0.3, -0.25) is 14.5 Å². The van der Waals surface area contributed by atoms with Gasteiger partial charge in [0.15, 0.2) is 5.78 Å². The highest BCUT2D eigenvalue weighted by Gasteiger charge is 2.52. The topological polar surface area (TPSA) is 98.9 Å². The Kier molecular flexibility index (Phi) is 7.83. The number of hydrogen-bond donors (Lipinski definition) is 1. The molecule has 0 saturated heterocycles. The first-order valence-electron chi connectivity index (χ1n) is 13.2. The molecule has 0 amide bonds. The number of allylic oxidation sites excluding steroid dienone is 2. The van der Waals surface area contributed by atoms with E-state index in [0.29, 0.717) is 5.56 Å². The van der Waals surface area contributed by atoms with Gasteiger partial charge in [-0.05, 0) is 41.8 Å². The molecule has 222 valence electrons. The van der Waals surface area contributed by atoms with Crippen LogP contribution in [0.3, 0.4) is 0 Å². The van der Waals surface area contributed by atoms with Crippen LogP contribution >= 0.6 is 0 Å². The van der Waals surface area contributed by atoms with E-state index in [4.69, 9.17) is 15.2 Å². The minimum absolute atomic E-state index is 0.0821. The molecule has 1 heterocycles. The number of carbonyl (C=O) groups is 3. The van der Waals surface area contributed by atoms with Gasteiger partial charge < -0.3 is 15.2 Å². The Hall–Kier alpha value is -4.93. The first kappa shape index (κ1) is 29.6. The van der Waals surface area contributed by atoms with Gasteiger partial charge in [0.25, 0.3) is 0 Å². The summed E-state index contributed by atoms with van der Waals surface area (Å²) in [7, 11) is 2.13. The molecular weight excluding hydrogens is 568 g/mol. The fourth-order valence-corrected chi connectivity index (χ4v) is 5.98. The van der Waals surface area contributed by atoms with Crippen molar-refractivity contribution in [3.8, 4) is 0 Å². The van der Waals surface area contributed by atoms with Gasteiger partial charge in [0.2, 0.25) is 0 Å². The number of benzene rings is 3. The van der Waals surface area contributed by atoms with E-state index in [0.717, 1.165) is 32.4 Å². The van der Waals surface area contributed by atoms with Crippen LogP contribution in [0.15, 0.2) is 102 Å². The van der Waals surface area contributed by atoms with E-state index in [1.807, 2.05) is 0 Å². The lowest BCUT2D eigenvalue weighted by Crippen LogP contribution is -2.46. The molecule has 11 heteroatoms. The van der Waals surface area contributed by atoms with E-state index in [2.05, 4.69) is 0 Å². The maximum atomic E-state index is 14.5. The quantitative estimate of drug-likeness (QED) is 0.234. The predicted octanol–water partition coefficient (Wildman–Crippen LogP) is 5.59. The Balaban J connectivity index is 1.88. The fraction of sp³-hybridized carbons (Fsp3) is 0.219. The van der Waals surface area contributed by atoms with Crippen molar-refractivity contribution in [1.82, 2.24) is 0 Å². The molecule has 0 unspecified atom stereocenters. The summed E-state index contributed by atoms with van der Waals surface area (Å²) < 4.78 is 67.6. The van der Waals surface area contributed by atoms with Crippen LogP contribution in [0.4, 0.5) is 23.2 Å². The average Bonchev–Trinajstić information content (AvgIpc) is 2.99. The molecule has 43 heavy (non-hydrogen) atoms. The Morgan fingerprint density at radius 1 is 0.930 bits per heavy atom. The number of Topliss-reactive ketones (excluding diaryl/α,β-unsaturated/α-hetero) is 1. The molecule has 7 nitrogen and oxygen atoms in total. The van der Waals surface area contributed by atoms with Crippen LogP contribution in [-0.4, -0.2) is 31.9 Å². The van der Waals surface area contributed by atoms with Crippen molar-refractivity contribution in [2.45, 2.75) is 24.4 Å². The number of hydrogen-bond acceptors (Lipinski definition) is 7. The number of ether oxygens (including phenoxy) is 2. The predicted molar refractivity (Wildman–Crippen MR) is 148 cm³/mol.